The second-order valence-corrected chi connectivity index (χ2v) is 5.27. The van der Waals surface area contributed by atoms with Gasteiger partial charge in [0.2, 0.25) is 0 Å². The number of hydrogen-bond acceptors (Lipinski definition) is 3. The van der Waals surface area contributed by atoms with Gasteiger partial charge in [0.15, 0.2) is 5.75 Å². The van der Waals surface area contributed by atoms with Crippen LogP contribution in [-0.4, -0.2) is 16.0 Å². The average molecular weight is 332 g/mol. The lowest BCUT2D eigenvalue weighted by molar-refractivity contribution is 0.102. The number of hydrogen-bond donors (Lipinski definition) is 2. The molecule has 0 unspecified atom stereocenters. The van der Waals surface area contributed by atoms with Crippen LogP contribution in [0.3, 0.4) is 0 Å². The Kier molecular flexibility index (Phi) is 4.38. The summed E-state index contributed by atoms with van der Waals surface area (Å²) in [7, 11) is 0. The number of halogens is 3. The van der Waals surface area contributed by atoms with Gasteiger partial charge in [-0.05, 0) is 25.1 Å². The van der Waals surface area contributed by atoms with Crippen LogP contribution in [0.25, 0.3) is 0 Å². The predicted octanol–water partition coefficient (Wildman–Crippen LogP) is 4.31. The number of aromatic hydroxyl groups is 1. The van der Waals surface area contributed by atoms with Crippen molar-refractivity contribution < 1.29 is 9.90 Å². The van der Waals surface area contributed by atoms with E-state index in [0.717, 1.165) is 0 Å². The van der Waals surface area contributed by atoms with E-state index < -0.39 is 5.91 Å². The molecule has 0 fully saturated rings. The molecule has 1 heterocycles. The molecule has 0 atom stereocenters. The van der Waals surface area contributed by atoms with Gasteiger partial charge in [-0.25, -0.2) is 0 Å². The molecule has 2 aromatic rings. The number of benzene rings is 1. The molecule has 0 bridgehead atoms. The molecule has 0 radical (unpaired) electrons. The number of amides is 1. The summed E-state index contributed by atoms with van der Waals surface area (Å²) in [5, 5.41) is 12.4. The van der Waals surface area contributed by atoms with E-state index in [4.69, 9.17) is 34.8 Å². The molecule has 0 aliphatic rings. The van der Waals surface area contributed by atoms with Crippen molar-refractivity contribution >= 4 is 46.4 Å². The quantitative estimate of drug-likeness (QED) is 0.806. The van der Waals surface area contributed by atoms with Crippen LogP contribution in [0.4, 0.5) is 5.69 Å². The molecule has 0 saturated heterocycles. The van der Waals surface area contributed by atoms with Crippen molar-refractivity contribution in [1.29, 1.82) is 0 Å². The molecule has 7 heteroatoms. The summed E-state index contributed by atoms with van der Waals surface area (Å²) in [6.45, 7) is 1.77. The minimum absolute atomic E-state index is 0.0425. The average Bonchev–Trinajstić information content (AvgIpc) is 2.35. The van der Waals surface area contributed by atoms with Crippen molar-refractivity contribution in [2.24, 2.45) is 0 Å². The Morgan fingerprint density at radius 3 is 2.30 bits per heavy atom. The number of nitrogens with zero attached hydrogens (tertiary/aromatic N) is 1. The highest BCUT2D eigenvalue weighted by Gasteiger charge is 2.13. The maximum atomic E-state index is 12.1. The Morgan fingerprint density at radius 1 is 1.15 bits per heavy atom. The maximum absolute atomic E-state index is 12.1. The highest BCUT2D eigenvalue weighted by Crippen LogP contribution is 2.34. The van der Waals surface area contributed by atoms with Crippen LogP contribution in [-0.2, 0) is 0 Å². The first-order valence-electron chi connectivity index (χ1n) is 5.50. The number of rotatable bonds is 2. The molecular formula is C13H9Cl3N2O2. The number of carbonyl (C=O) groups is 1. The Labute approximate surface area is 130 Å². The highest BCUT2D eigenvalue weighted by molar-refractivity contribution is 6.38. The third-order valence-electron chi connectivity index (χ3n) is 2.51. The fraction of sp³-hybridized carbons (Fsp3) is 0.0769. The van der Waals surface area contributed by atoms with Crippen LogP contribution < -0.4 is 5.32 Å². The smallest absolute Gasteiger partial charge is 0.258 e. The number of anilines is 1. The third-order valence-corrected chi connectivity index (χ3v) is 3.40. The van der Waals surface area contributed by atoms with Crippen LogP contribution in [0.5, 0.6) is 5.75 Å². The van der Waals surface area contributed by atoms with E-state index in [0.29, 0.717) is 16.4 Å². The van der Waals surface area contributed by atoms with Gasteiger partial charge in [0.1, 0.15) is 0 Å². The summed E-state index contributed by atoms with van der Waals surface area (Å²) < 4.78 is 0. The molecule has 2 N–H and O–H groups in total. The molecule has 2 rings (SSSR count). The fourth-order valence-electron chi connectivity index (χ4n) is 1.53. The van der Waals surface area contributed by atoms with Crippen LogP contribution in [0.15, 0.2) is 24.4 Å². The van der Waals surface area contributed by atoms with E-state index >= 15 is 0 Å². The monoisotopic (exact) mass is 330 g/mol. The zero-order valence-corrected chi connectivity index (χ0v) is 12.5. The maximum Gasteiger partial charge on any atom is 0.258 e. The van der Waals surface area contributed by atoms with Crippen LogP contribution >= 0.6 is 34.8 Å². The van der Waals surface area contributed by atoms with E-state index in [-0.39, 0.29) is 21.4 Å². The first kappa shape index (κ1) is 14.9. The Bertz CT molecular complexity index is 666. The molecule has 0 spiro atoms. The first-order valence-corrected chi connectivity index (χ1v) is 6.63. The van der Waals surface area contributed by atoms with Gasteiger partial charge in [0.05, 0.1) is 20.6 Å². The van der Waals surface area contributed by atoms with E-state index in [2.05, 4.69) is 10.3 Å². The number of phenols is 1. The lowest BCUT2D eigenvalue weighted by Gasteiger charge is -2.09. The zero-order chi connectivity index (χ0) is 14.9. The molecule has 104 valence electrons. The van der Waals surface area contributed by atoms with Crippen LogP contribution in [0, 0.1) is 6.92 Å². The lowest BCUT2D eigenvalue weighted by Crippen LogP contribution is -2.13. The van der Waals surface area contributed by atoms with Gasteiger partial charge < -0.3 is 10.4 Å². The molecule has 1 aromatic heterocycles. The molecule has 0 aliphatic heterocycles. The molecule has 1 amide bonds. The predicted molar refractivity (Wildman–Crippen MR) is 80.1 cm³/mol. The van der Waals surface area contributed by atoms with Gasteiger partial charge in [-0.3, -0.25) is 9.78 Å². The van der Waals surface area contributed by atoms with E-state index in [1.54, 1.807) is 13.0 Å². The summed E-state index contributed by atoms with van der Waals surface area (Å²) in [5.41, 5.74) is 1.29. The van der Waals surface area contributed by atoms with Gasteiger partial charge >= 0.3 is 0 Å². The second-order valence-electron chi connectivity index (χ2n) is 4.05. The standard InChI is InChI=1S/C13H9Cl3N2O2/c1-6-2-9(14)8(5-17-6)13(20)18-7-3-10(15)12(19)11(16)4-7/h2-5,19H,1H3,(H,18,20). The van der Waals surface area contributed by atoms with Gasteiger partial charge in [0, 0.05) is 17.6 Å². The molecular weight excluding hydrogens is 323 g/mol. The number of phenolic OH excluding ortho intramolecular Hbond substituents is 1. The Morgan fingerprint density at radius 2 is 1.75 bits per heavy atom. The van der Waals surface area contributed by atoms with Crippen molar-refractivity contribution in [3.05, 3.63) is 50.7 Å². The van der Waals surface area contributed by atoms with E-state index in [1.165, 1.54) is 18.3 Å². The fourth-order valence-corrected chi connectivity index (χ4v) is 2.31. The summed E-state index contributed by atoms with van der Waals surface area (Å²) in [6, 6.07) is 4.36. The summed E-state index contributed by atoms with van der Waals surface area (Å²) in [4.78, 5) is 16.1. The number of nitrogens with one attached hydrogen (secondary N) is 1. The van der Waals surface area contributed by atoms with Crippen molar-refractivity contribution in [2.75, 3.05) is 5.32 Å². The van der Waals surface area contributed by atoms with Gasteiger partial charge in [-0.1, -0.05) is 34.8 Å². The Balaban J connectivity index is 2.28. The van der Waals surface area contributed by atoms with Crippen molar-refractivity contribution in [1.82, 2.24) is 4.98 Å². The van der Waals surface area contributed by atoms with E-state index in [9.17, 15) is 9.90 Å². The number of aryl methyl sites for hydroxylation is 1. The SMILES string of the molecule is Cc1cc(Cl)c(C(=O)Nc2cc(Cl)c(O)c(Cl)c2)cn1. The minimum Gasteiger partial charge on any atom is -0.505 e. The van der Waals surface area contributed by atoms with E-state index in [1.807, 2.05) is 0 Å². The topological polar surface area (TPSA) is 62.2 Å². The van der Waals surface area contributed by atoms with Gasteiger partial charge in [-0.15, -0.1) is 0 Å². The lowest BCUT2D eigenvalue weighted by atomic mass is 10.2. The summed E-state index contributed by atoms with van der Waals surface area (Å²) in [6.07, 6.45) is 1.39. The van der Waals surface area contributed by atoms with Crippen LogP contribution in [0.1, 0.15) is 16.1 Å². The summed E-state index contributed by atoms with van der Waals surface area (Å²) in [5.74, 6) is -0.679. The van der Waals surface area contributed by atoms with Crippen molar-refractivity contribution in [2.45, 2.75) is 6.92 Å². The normalized spacial score (nSPS) is 10.4. The van der Waals surface area contributed by atoms with Gasteiger partial charge in [-0.2, -0.15) is 0 Å². The largest absolute Gasteiger partial charge is 0.505 e. The molecule has 20 heavy (non-hydrogen) atoms. The van der Waals surface area contributed by atoms with Crippen molar-refractivity contribution in [3.63, 3.8) is 0 Å². The summed E-state index contributed by atoms with van der Waals surface area (Å²) >= 11 is 17.5. The molecule has 4 nitrogen and oxygen atoms in total. The first-order chi connectivity index (χ1) is 9.38. The number of pyridine rings is 1. The number of aromatic nitrogens is 1. The number of carbonyl (C=O) groups excluding carboxylic acids is 1. The third kappa shape index (κ3) is 3.15. The zero-order valence-electron chi connectivity index (χ0n) is 10.2. The van der Waals surface area contributed by atoms with Gasteiger partial charge in [0.25, 0.3) is 5.91 Å². The highest BCUT2D eigenvalue weighted by atomic mass is 35.5. The van der Waals surface area contributed by atoms with Crippen LogP contribution in [0.2, 0.25) is 15.1 Å². The molecule has 0 saturated carbocycles. The second kappa shape index (κ2) is 5.87. The minimum atomic E-state index is -0.444. The Hall–Kier alpha value is -1.49. The van der Waals surface area contributed by atoms with Crippen molar-refractivity contribution in [3.8, 4) is 5.75 Å². The molecule has 1 aromatic carbocycles. The molecule has 0 aliphatic carbocycles.